The van der Waals surface area contributed by atoms with Crippen molar-refractivity contribution in [2.45, 2.75) is 30.8 Å². The molecular weight excluding hydrogens is 393 g/mol. The van der Waals surface area contributed by atoms with Crippen LogP contribution in [0.1, 0.15) is 30.6 Å². The maximum Gasteiger partial charge on any atom is 0.447 e. The van der Waals surface area contributed by atoms with Crippen LogP contribution >= 0.6 is 11.8 Å². The van der Waals surface area contributed by atoms with Gasteiger partial charge in [-0.25, -0.2) is 4.98 Å². The Bertz CT molecular complexity index is 683. The highest BCUT2D eigenvalue weighted by Gasteiger charge is 2.33. The van der Waals surface area contributed by atoms with Crippen molar-refractivity contribution < 1.29 is 22.8 Å². The Morgan fingerprint density at radius 3 is 2.54 bits per heavy atom. The molecule has 0 atom stereocenters. The second-order valence-electron chi connectivity index (χ2n) is 6.39. The molecule has 0 aromatic carbocycles. The van der Waals surface area contributed by atoms with Crippen LogP contribution in [0.4, 0.5) is 13.2 Å². The van der Waals surface area contributed by atoms with E-state index in [2.05, 4.69) is 4.98 Å². The minimum absolute atomic E-state index is 0.0425. The zero-order valence-corrected chi connectivity index (χ0v) is 16.9. The Balaban J connectivity index is 2.02. The van der Waals surface area contributed by atoms with E-state index < -0.39 is 11.4 Å². The number of carbonyl (C=O) groups is 2. The summed E-state index contributed by atoms with van der Waals surface area (Å²) in [6.07, 6.45) is 1.90. The zero-order valence-electron chi connectivity index (χ0n) is 16.0. The fraction of sp³-hybridized carbons (Fsp3) is 0.611. The standard InChI is InChI=1S/C18H25F3N4O2S/c1-3-24(4-2)15(26)13-23-9-6-10-25(12-11-23)17(27)14-7-5-8-22-16(14)28-18(19,20)21/h5,7-8H,3-4,6,9-13H2,1-2H3. The monoisotopic (exact) mass is 418 g/mol. The molecule has 0 bridgehead atoms. The molecule has 0 saturated carbocycles. The van der Waals surface area contributed by atoms with Crippen LogP contribution in [-0.4, -0.2) is 82.8 Å². The number of nitrogens with zero attached hydrogens (tertiary/aromatic N) is 4. The summed E-state index contributed by atoms with van der Waals surface area (Å²) in [7, 11) is 0. The summed E-state index contributed by atoms with van der Waals surface area (Å²) < 4.78 is 38.2. The lowest BCUT2D eigenvalue weighted by atomic mass is 10.2. The lowest BCUT2D eigenvalue weighted by Crippen LogP contribution is -2.42. The largest absolute Gasteiger partial charge is 0.447 e. The zero-order chi connectivity index (χ0) is 20.7. The fourth-order valence-electron chi connectivity index (χ4n) is 3.11. The highest BCUT2D eigenvalue weighted by molar-refractivity contribution is 8.00. The number of hydrogen-bond donors (Lipinski definition) is 0. The van der Waals surface area contributed by atoms with Gasteiger partial charge >= 0.3 is 5.51 Å². The number of pyridine rings is 1. The predicted molar refractivity (Wildman–Crippen MR) is 101 cm³/mol. The van der Waals surface area contributed by atoms with E-state index in [1.165, 1.54) is 18.3 Å². The fourth-order valence-corrected chi connectivity index (χ4v) is 3.71. The van der Waals surface area contributed by atoms with Gasteiger partial charge in [0.1, 0.15) is 5.03 Å². The molecule has 10 heteroatoms. The summed E-state index contributed by atoms with van der Waals surface area (Å²) in [6, 6.07) is 2.83. The molecule has 156 valence electrons. The highest BCUT2D eigenvalue weighted by atomic mass is 32.2. The van der Waals surface area contributed by atoms with E-state index in [1.54, 1.807) is 9.80 Å². The van der Waals surface area contributed by atoms with Crippen molar-refractivity contribution in [2.24, 2.45) is 0 Å². The number of likely N-dealkylation sites (N-methyl/N-ethyl adjacent to an activating group) is 1. The van der Waals surface area contributed by atoms with E-state index in [4.69, 9.17) is 0 Å². The first-order valence-corrected chi connectivity index (χ1v) is 10.1. The van der Waals surface area contributed by atoms with Gasteiger partial charge in [-0.2, -0.15) is 13.2 Å². The van der Waals surface area contributed by atoms with E-state index in [9.17, 15) is 22.8 Å². The molecule has 1 fully saturated rings. The normalized spacial score (nSPS) is 16.0. The number of halogens is 3. The Morgan fingerprint density at radius 2 is 1.89 bits per heavy atom. The van der Waals surface area contributed by atoms with Gasteiger partial charge in [0, 0.05) is 57.2 Å². The third-order valence-corrected chi connectivity index (χ3v) is 5.31. The molecule has 1 aliphatic rings. The molecule has 0 aliphatic carbocycles. The molecule has 6 nitrogen and oxygen atoms in total. The minimum Gasteiger partial charge on any atom is -0.342 e. The molecule has 2 amide bonds. The lowest BCUT2D eigenvalue weighted by Gasteiger charge is -2.25. The third-order valence-electron chi connectivity index (χ3n) is 4.56. The van der Waals surface area contributed by atoms with Gasteiger partial charge in [0.25, 0.3) is 5.91 Å². The predicted octanol–water partition coefficient (Wildman–Crippen LogP) is 2.71. The molecule has 0 N–H and O–H groups in total. The highest BCUT2D eigenvalue weighted by Crippen LogP contribution is 2.37. The first kappa shape index (κ1) is 22.5. The lowest BCUT2D eigenvalue weighted by molar-refractivity contribution is -0.132. The Labute approximate surface area is 167 Å². The van der Waals surface area contributed by atoms with E-state index in [1.807, 2.05) is 18.7 Å². The molecule has 2 rings (SSSR count). The first-order valence-electron chi connectivity index (χ1n) is 9.25. The van der Waals surface area contributed by atoms with Crippen LogP contribution in [0.2, 0.25) is 0 Å². The van der Waals surface area contributed by atoms with Crippen molar-refractivity contribution in [1.82, 2.24) is 19.7 Å². The number of carbonyl (C=O) groups excluding carboxylic acids is 2. The van der Waals surface area contributed by atoms with Crippen LogP contribution in [0.25, 0.3) is 0 Å². The number of amides is 2. The number of hydrogen-bond acceptors (Lipinski definition) is 5. The van der Waals surface area contributed by atoms with E-state index in [0.717, 1.165) is 0 Å². The van der Waals surface area contributed by atoms with Crippen LogP contribution in [-0.2, 0) is 4.79 Å². The molecular formula is C18H25F3N4O2S. The quantitative estimate of drug-likeness (QED) is 0.665. The Hall–Kier alpha value is -1.81. The van der Waals surface area contributed by atoms with Crippen molar-refractivity contribution in [2.75, 3.05) is 45.8 Å². The molecule has 0 unspecified atom stereocenters. The molecule has 1 aromatic rings. The Kier molecular flexibility index (Phi) is 8.11. The third kappa shape index (κ3) is 6.37. The summed E-state index contributed by atoms with van der Waals surface area (Å²) in [4.78, 5) is 34.1. The number of alkyl halides is 3. The van der Waals surface area contributed by atoms with Crippen molar-refractivity contribution >= 4 is 23.6 Å². The van der Waals surface area contributed by atoms with Gasteiger partial charge in [0.2, 0.25) is 5.91 Å². The molecule has 1 aliphatic heterocycles. The van der Waals surface area contributed by atoms with Gasteiger partial charge in [0.15, 0.2) is 0 Å². The van der Waals surface area contributed by atoms with E-state index in [0.29, 0.717) is 45.7 Å². The minimum atomic E-state index is -4.51. The summed E-state index contributed by atoms with van der Waals surface area (Å²) in [5.41, 5.74) is -4.55. The molecule has 0 radical (unpaired) electrons. The van der Waals surface area contributed by atoms with Gasteiger partial charge in [-0.1, -0.05) is 0 Å². The SMILES string of the molecule is CCN(CC)C(=O)CN1CCCN(C(=O)c2cccnc2SC(F)(F)F)CC1. The van der Waals surface area contributed by atoms with Gasteiger partial charge in [-0.3, -0.25) is 14.5 Å². The number of rotatable bonds is 6. The summed E-state index contributed by atoms with van der Waals surface area (Å²) >= 11 is -0.377. The topological polar surface area (TPSA) is 56.8 Å². The van der Waals surface area contributed by atoms with Crippen LogP contribution in [0.15, 0.2) is 23.4 Å². The number of thioether (sulfide) groups is 1. The second-order valence-corrected chi connectivity index (χ2v) is 7.45. The molecule has 0 spiro atoms. The van der Waals surface area contributed by atoms with Crippen molar-refractivity contribution in [3.8, 4) is 0 Å². The molecule has 2 heterocycles. The average molecular weight is 418 g/mol. The first-order chi connectivity index (χ1) is 13.2. The van der Waals surface area contributed by atoms with Crippen LogP contribution < -0.4 is 0 Å². The van der Waals surface area contributed by atoms with Gasteiger partial charge < -0.3 is 9.80 Å². The van der Waals surface area contributed by atoms with Gasteiger partial charge in [0.05, 0.1) is 12.1 Å². The maximum atomic E-state index is 12.8. The molecule has 1 aromatic heterocycles. The van der Waals surface area contributed by atoms with Crippen molar-refractivity contribution in [3.63, 3.8) is 0 Å². The summed E-state index contributed by atoms with van der Waals surface area (Å²) in [6.45, 7) is 7.38. The number of aromatic nitrogens is 1. The van der Waals surface area contributed by atoms with E-state index in [-0.39, 0.29) is 34.8 Å². The Morgan fingerprint density at radius 1 is 1.18 bits per heavy atom. The summed E-state index contributed by atoms with van der Waals surface area (Å²) in [5.74, 6) is -0.419. The molecule has 1 saturated heterocycles. The molecule has 28 heavy (non-hydrogen) atoms. The average Bonchev–Trinajstić information content (AvgIpc) is 2.87. The van der Waals surface area contributed by atoms with Gasteiger partial charge in [-0.15, -0.1) is 0 Å². The van der Waals surface area contributed by atoms with Crippen molar-refractivity contribution in [3.05, 3.63) is 23.9 Å². The van der Waals surface area contributed by atoms with Gasteiger partial charge in [-0.05, 0) is 32.4 Å². The van der Waals surface area contributed by atoms with Crippen LogP contribution in [0, 0.1) is 0 Å². The second kappa shape index (κ2) is 10.1. The summed E-state index contributed by atoms with van der Waals surface area (Å²) in [5, 5.41) is -0.335. The van der Waals surface area contributed by atoms with E-state index >= 15 is 0 Å². The van der Waals surface area contributed by atoms with Crippen LogP contribution in [0.3, 0.4) is 0 Å². The maximum absolute atomic E-state index is 12.8. The van der Waals surface area contributed by atoms with Crippen LogP contribution in [0.5, 0.6) is 0 Å². The smallest absolute Gasteiger partial charge is 0.342 e. The van der Waals surface area contributed by atoms with Crippen molar-refractivity contribution in [1.29, 1.82) is 0 Å².